The van der Waals surface area contributed by atoms with E-state index < -0.39 is 43.2 Å². The van der Waals surface area contributed by atoms with Gasteiger partial charge in [-0.15, -0.1) is 0 Å². The fraction of sp³-hybridized carbons (Fsp3) is 0.458. The molecule has 0 aromatic heterocycles. The number of rotatable bonds is 4. The van der Waals surface area contributed by atoms with Gasteiger partial charge in [0.05, 0.1) is 6.61 Å². The summed E-state index contributed by atoms with van der Waals surface area (Å²) < 4.78 is 5.50. The number of benzene rings is 2. The Balaban J connectivity index is 1.61. The minimum Gasteiger partial charge on any atom is -0.394 e. The number of likely N-dealkylation sites (N-methyl/N-ethyl adjacent to an activating group) is 1. The van der Waals surface area contributed by atoms with E-state index in [9.17, 15) is 30.3 Å². The maximum atomic E-state index is 12.5. The summed E-state index contributed by atoms with van der Waals surface area (Å²) in [5, 5.41) is 50.6. The van der Waals surface area contributed by atoms with Crippen LogP contribution in [0.2, 0.25) is 0 Å². The van der Waals surface area contributed by atoms with Gasteiger partial charge in [-0.3, -0.25) is 4.79 Å². The molecule has 8 nitrogen and oxygen atoms in total. The Labute approximate surface area is 186 Å². The normalized spacial score (nSPS) is 29.0. The highest BCUT2D eigenvalue weighted by Crippen LogP contribution is 2.34. The van der Waals surface area contributed by atoms with Gasteiger partial charge in [-0.2, -0.15) is 0 Å². The Hall–Kier alpha value is -2.33. The van der Waals surface area contributed by atoms with Gasteiger partial charge in [0.2, 0.25) is 0 Å². The molecular weight excluding hydrogens is 414 g/mol. The first-order valence-corrected chi connectivity index (χ1v) is 10.7. The summed E-state index contributed by atoms with van der Waals surface area (Å²) in [6.45, 7) is 1.95. The van der Waals surface area contributed by atoms with Crippen molar-refractivity contribution in [2.75, 3.05) is 20.2 Å². The van der Waals surface area contributed by atoms with Crippen LogP contribution in [0.25, 0.3) is 11.1 Å². The van der Waals surface area contributed by atoms with Crippen molar-refractivity contribution in [3.63, 3.8) is 0 Å². The summed E-state index contributed by atoms with van der Waals surface area (Å²) in [4.78, 5) is 14.2. The highest BCUT2D eigenvalue weighted by atomic mass is 16.6. The van der Waals surface area contributed by atoms with Crippen molar-refractivity contribution in [3.05, 3.63) is 58.7 Å². The molecule has 0 unspecified atom stereocenters. The van der Waals surface area contributed by atoms with E-state index in [-0.39, 0.29) is 5.91 Å². The molecule has 8 heteroatoms. The van der Waals surface area contributed by atoms with Crippen LogP contribution < -0.4 is 0 Å². The summed E-state index contributed by atoms with van der Waals surface area (Å²) in [5.41, 5.74) is 4.70. The molecule has 0 saturated carbocycles. The number of hydrogen-bond donors (Lipinski definition) is 5. The molecule has 2 aromatic carbocycles. The smallest absolute Gasteiger partial charge is 0.253 e. The van der Waals surface area contributed by atoms with Crippen molar-refractivity contribution < 1.29 is 35.1 Å². The van der Waals surface area contributed by atoms with Crippen LogP contribution in [0.1, 0.15) is 33.2 Å². The third kappa shape index (κ3) is 3.94. The molecule has 0 aliphatic carbocycles. The predicted octanol–water partition coefficient (Wildman–Crippen LogP) is 0.166. The van der Waals surface area contributed by atoms with Crippen LogP contribution in [-0.2, 0) is 11.2 Å². The summed E-state index contributed by atoms with van der Waals surface area (Å²) in [7, 11) is 1.79. The number of aryl methyl sites for hydroxylation is 1. The van der Waals surface area contributed by atoms with Crippen molar-refractivity contribution in [1.29, 1.82) is 0 Å². The highest BCUT2D eigenvalue weighted by Gasteiger charge is 2.46. The van der Waals surface area contributed by atoms with Crippen LogP contribution >= 0.6 is 0 Å². The monoisotopic (exact) mass is 443 g/mol. The third-order valence-corrected chi connectivity index (χ3v) is 6.57. The van der Waals surface area contributed by atoms with Gasteiger partial charge in [0, 0.05) is 19.2 Å². The van der Waals surface area contributed by atoms with Gasteiger partial charge in [-0.25, -0.2) is 0 Å². The summed E-state index contributed by atoms with van der Waals surface area (Å²) in [5.74, 6) is -0.000480. The van der Waals surface area contributed by atoms with E-state index in [1.54, 1.807) is 18.0 Å². The molecule has 0 spiro atoms. The van der Waals surface area contributed by atoms with Crippen molar-refractivity contribution in [3.8, 4) is 11.1 Å². The Bertz CT molecular complexity index is 1010. The Morgan fingerprint density at radius 2 is 1.75 bits per heavy atom. The molecule has 172 valence electrons. The molecule has 2 heterocycles. The number of carbonyl (C=O) groups is 1. The minimum absolute atomic E-state index is 0.000480. The zero-order chi connectivity index (χ0) is 23.2. The molecule has 32 heavy (non-hydrogen) atoms. The lowest BCUT2D eigenvalue weighted by Crippen LogP contribution is -2.59. The van der Waals surface area contributed by atoms with Crippen LogP contribution in [0.15, 0.2) is 36.4 Å². The molecule has 1 fully saturated rings. The molecule has 0 radical (unpaired) electrons. The number of amides is 1. The molecule has 1 saturated heterocycles. The lowest BCUT2D eigenvalue weighted by molar-refractivity contribution is -0.250. The fourth-order valence-electron chi connectivity index (χ4n) is 4.52. The van der Waals surface area contributed by atoms with Gasteiger partial charge in [0.25, 0.3) is 5.91 Å². The van der Waals surface area contributed by atoms with Gasteiger partial charge < -0.3 is 35.2 Å². The topological polar surface area (TPSA) is 131 Å². The quantitative estimate of drug-likeness (QED) is 0.455. The number of carbonyl (C=O) groups excluding carboxylic acids is 1. The van der Waals surface area contributed by atoms with E-state index in [4.69, 9.17) is 4.74 Å². The second-order valence-corrected chi connectivity index (χ2v) is 8.66. The molecular formula is C24H29NO7. The number of ether oxygens (including phenoxy) is 1. The molecule has 2 aliphatic rings. The maximum absolute atomic E-state index is 12.5. The highest BCUT2D eigenvalue weighted by molar-refractivity contribution is 5.97. The van der Waals surface area contributed by atoms with Crippen molar-refractivity contribution in [2.45, 2.75) is 50.0 Å². The predicted molar refractivity (Wildman–Crippen MR) is 116 cm³/mol. The molecule has 2 aliphatic heterocycles. The average Bonchev–Trinajstić information content (AvgIpc) is 2.79. The second kappa shape index (κ2) is 8.90. The average molecular weight is 443 g/mol. The molecule has 2 aromatic rings. The van der Waals surface area contributed by atoms with E-state index in [0.717, 1.165) is 28.7 Å². The first kappa shape index (κ1) is 22.8. The number of nitrogens with zero attached hydrogens (tertiary/aromatic N) is 1. The van der Waals surface area contributed by atoms with Crippen LogP contribution in [0.3, 0.4) is 0 Å². The van der Waals surface area contributed by atoms with Crippen LogP contribution in [0.4, 0.5) is 0 Å². The first-order chi connectivity index (χ1) is 15.2. The van der Waals surface area contributed by atoms with Gasteiger partial charge in [-0.1, -0.05) is 30.3 Å². The fourth-order valence-corrected chi connectivity index (χ4v) is 4.52. The Morgan fingerprint density at radius 1 is 1.06 bits per heavy atom. The van der Waals surface area contributed by atoms with Crippen molar-refractivity contribution in [1.82, 2.24) is 4.90 Å². The maximum Gasteiger partial charge on any atom is 0.253 e. The largest absolute Gasteiger partial charge is 0.394 e. The standard InChI is InChI=1S/C24H29NO7/c1-12-9-14(15-4-3-13-7-8-25(2)24(31)17(13)10-15)5-6-16(12)19(27)23-22(30)21(29)20(28)18(11-26)32-23/h3-6,9-10,18-23,26-30H,7-8,11H2,1-2H3/t18-,19-,20-,21+,22+,23-/m1/s1. The molecule has 5 N–H and O–H groups in total. The van der Waals surface area contributed by atoms with Crippen LogP contribution in [0.5, 0.6) is 0 Å². The van der Waals surface area contributed by atoms with E-state index >= 15 is 0 Å². The van der Waals surface area contributed by atoms with Gasteiger partial charge in [-0.05, 0) is 47.2 Å². The summed E-state index contributed by atoms with van der Waals surface area (Å²) in [6.07, 6.45) is -7.31. The summed E-state index contributed by atoms with van der Waals surface area (Å²) >= 11 is 0. The second-order valence-electron chi connectivity index (χ2n) is 8.66. The Morgan fingerprint density at radius 3 is 2.44 bits per heavy atom. The minimum atomic E-state index is -1.55. The number of hydrogen-bond acceptors (Lipinski definition) is 7. The molecule has 6 atom stereocenters. The third-order valence-electron chi connectivity index (χ3n) is 6.57. The van der Waals surface area contributed by atoms with Crippen molar-refractivity contribution in [2.24, 2.45) is 0 Å². The lowest BCUT2D eigenvalue weighted by Gasteiger charge is -2.42. The number of aliphatic hydroxyl groups is 5. The van der Waals surface area contributed by atoms with E-state index in [0.29, 0.717) is 17.7 Å². The lowest BCUT2D eigenvalue weighted by atomic mass is 9.87. The number of fused-ring (bicyclic) bond motifs is 1. The van der Waals surface area contributed by atoms with Crippen LogP contribution in [-0.4, -0.2) is 87.1 Å². The Kier molecular flexibility index (Phi) is 6.35. The first-order valence-electron chi connectivity index (χ1n) is 10.7. The number of aliphatic hydroxyl groups excluding tert-OH is 5. The van der Waals surface area contributed by atoms with Gasteiger partial charge in [0.15, 0.2) is 0 Å². The molecule has 4 rings (SSSR count). The van der Waals surface area contributed by atoms with E-state index in [1.165, 1.54) is 0 Å². The zero-order valence-corrected chi connectivity index (χ0v) is 18.0. The SMILES string of the molecule is Cc1cc(-c2ccc3c(c2)C(=O)N(C)CC3)ccc1[C@@H](O)[C@H]1O[C@H](CO)[C@@H](O)[C@H](O)[C@@H]1O. The van der Waals surface area contributed by atoms with E-state index in [2.05, 4.69) is 0 Å². The van der Waals surface area contributed by atoms with Crippen LogP contribution in [0, 0.1) is 6.92 Å². The zero-order valence-electron chi connectivity index (χ0n) is 18.0. The van der Waals surface area contributed by atoms with Gasteiger partial charge in [0.1, 0.15) is 36.6 Å². The van der Waals surface area contributed by atoms with E-state index in [1.807, 2.05) is 37.3 Å². The van der Waals surface area contributed by atoms with Gasteiger partial charge >= 0.3 is 0 Å². The summed E-state index contributed by atoms with van der Waals surface area (Å²) in [6, 6.07) is 11.2. The molecule has 0 bridgehead atoms. The van der Waals surface area contributed by atoms with Crippen molar-refractivity contribution >= 4 is 5.91 Å². The molecule has 1 amide bonds.